The highest BCUT2D eigenvalue weighted by atomic mass is 16.5. The van der Waals surface area contributed by atoms with Crippen molar-refractivity contribution in [2.75, 3.05) is 19.6 Å². The van der Waals surface area contributed by atoms with Crippen LogP contribution in [0.3, 0.4) is 0 Å². The van der Waals surface area contributed by atoms with Crippen molar-refractivity contribution in [1.82, 2.24) is 19.8 Å². The molecule has 41 heavy (non-hydrogen) atoms. The lowest BCUT2D eigenvalue weighted by molar-refractivity contribution is -0.0733. The number of H-pyrrole nitrogens is 1. The third-order valence-corrected chi connectivity index (χ3v) is 11.5. The molecule has 1 spiro atoms. The van der Waals surface area contributed by atoms with Gasteiger partial charge >= 0.3 is 0 Å². The number of pyridine rings is 1. The Morgan fingerprint density at radius 2 is 1.85 bits per heavy atom. The van der Waals surface area contributed by atoms with E-state index in [1.807, 2.05) is 6.20 Å². The minimum Gasteiger partial charge on any atom is -0.353 e. The Morgan fingerprint density at radius 3 is 2.85 bits per heavy atom. The fourth-order valence-corrected chi connectivity index (χ4v) is 10.1. The Morgan fingerprint density at radius 1 is 0.927 bits per heavy atom. The summed E-state index contributed by atoms with van der Waals surface area (Å²) in [6, 6.07) is 11.8. The molecule has 3 fully saturated rings. The number of allylic oxidation sites excluding steroid dienone is 4. The molecule has 5 heteroatoms. The minimum absolute atomic E-state index is 0.171. The molecule has 5 aliphatic heterocycles. The topological polar surface area (TPSA) is 44.4 Å². The van der Waals surface area contributed by atoms with Crippen molar-refractivity contribution in [2.45, 2.75) is 88.1 Å². The lowest BCUT2D eigenvalue weighted by atomic mass is 9.55. The number of benzene rings is 1. The average molecular weight is 547 g/mol. The van der Waals surface area contributed by atoms with Gasteiger partial charge < -0.3 is 14.6 Å². The number of hydrogen-bond donors (Lipinski definition) is 1. The quantitative estimate of drug-likeness (QED) is 0.327. The molecule has 1 aromatic carbocycles. The van der Waals surface area contributed by atoms with E-state index in [1.54, 1.807) is 0 Å². The van der Waals surface area contributed by atoms with Gasteiger partial charge in [0.05, 0.1) is 17.3 Å². The molecule has 6 aliphatic rings. The predicted octanol–water partition coefficient (Wildman–Crippen LogP) is 7.22. The fraction of sp³-hybridized carbons (Fsp3) is 0.528. The second-order valence-corrected chi connectivity index (χ2v) is 13.7. The second kappa shape index (κ2) is 9.39. The Bertz CT molecular complexity index is 1580. The molecule has 1 aliphatic carbocycles. The smallest absolute Gasteiger partial charge is 0.112 e. The van der Waals surface area contributed by atoms with Crippen molar-refractivity contribution in [3.8, 4) is 0 Å². The standard InChI is InChI=1S/C36H42N4O/c1-2-4-11-20-39-21-17-29-28(32-33-27(16-19-37-32)26-13-8-9-14-30(26)38-33)23-36(18-10-3-1)34-35(29,24-39)22-25-12-6-5-7-15-31(41-36)40(25)34/h1,3,6,8-9,12-14,16,19,23,25,29,31,34,38H,2,4-5,7,10-11,15,17-18,20-22,24H2/b3-1-,12-6-/t25-,29-,31+,34+,35-,36-/m0/s1. The van der Waals surface area contributed by atoms with E-state index in [-0.39, 0.29) is 17.2 Å². The van der Waals surface area contributed by atoms with Crippen LogP contribution in [0.2, 0.25) is 0 Å². The van der Waals surface area contributed by atoms with Gasteiger partial charge in [0, 0.05) is 40.5 Å². The Labute approximate surface area is 243 Å². The molecule has 2 aromatic heterocycles. The van der Waals surface area contributed by atoms with Gasteiger partial charge in [-0.05, 0) is 107 Å². The number of aromatic amines is 1. The molecule has 0 amide bonds. The van der Waals surface area contributed by atoms with E-state index >= 15 is 0 Å². The van der Waals surface area contributed by atoms with Crippen molar-refractivity contribution in [3.05, 3.63) is 72.6 Å². The molecule has 7 atom stereocenters. The monoisotopic (exact) mass is 546 g/mol. The lowest BCUT2D eigenvalue weighted by Gasteiger charge is -2.56. The number of fused-ring (bicyclic) bond motifs is 4. The SMILES string of the molecule is C1=C(c2nccc3c2[nH]c2ccccc23)[C@@H]2CCN3CCCC/C=C\CC[C@]14O[C@@H]1CCC/C=C\[C@H]5C[C@@]2(C3)[C@H]4N51. The van der Waals surface area contributed by atoms with Crippen LogP contribution in [0.15, 0.2) is 66.9 Å². The van der Waals surface area contributed by atoms with Crippen LogP contribution in [-0.4, -0.2) is 63.3 Å². The summed E-state index contributed by atoms with van der Waals surface area (Å²) in [6.45, 7) is 3.60. The van der Waals surface area contributed by atoms with Gasteiger partial charge in [0.15, 0.2) is 0 Å². The average Bonchev–Trinajstić information content (AvgIpc) is 3.62. The van der Waals surface area contributed by atoms with Crippen LogP contribution in [0.4, 0.5) is 0 Å². The van der Waals surface area contributed by atoms with E-state index in [1.165, 1.54) is 97.7 Å². The van der Waals surface area contributed by atoms with Gasteiger partial charge in [-0.15, -0.1) is 0 Å². The summed E-state index contributed by atoms with van der Waals surface area (Å²) < 4.78 is 7.45. The van der Waals surface area contributed by atoms with Gasteiger partial charge in [0.2, 0.25) is 0 Å². The van der Waals surface area contributed by atoms with E-state index in [9.17, 15) is 0 Å². The highest BCUT2D eigenvalue weighted by Crippen LogP contribution is 2.65. The van der Waals surface area contributed by atoms with Gasteiger partial charge in [0.1, 0.15) is 11.8 Å². The van der Waals surface area contributed by atoms with E-state index < -0.39 is 0 Å². The molecule has 3 saturated heterocycles. The minimum atomic E-state index is -0.277. The third-order valence-electron chi connectivity index (χ3n) is 11.5. The number of nitrogens with one attached hydrogen (secondary N) is 1. The number of nitrogens with zero attached hydrogens (tertiary/aromatic N) is 3. The first-order chi connectivity index (χ1) is 20.3. The molecular weight excluding hydrogens is 504 g/mol. The molecule has 212 valence electrons. The van der Waals surface area contributed by atoms with Crippen LogP contribution in [0.1, 0.15) is 69.9 Å². The molecule has 0 radical (unpaired) electrons. The summed E-state index contributed by atoms with van der Waals surface area (Å²) in [5.41, 5.74) is 4.92. The van der Waals surface area contributed by atoms with Crippen molar-refractivity contribution in [3.63, 3.8) is 0 Å². The van der Waals surface area contributed by atoms with E-state index in [2.05, 4.69) is 75.5 Å². The fourth-order valence-electron chi connectivity index (χ4n) is 10.1. The highest BCUT2D eigenvalue weighted by molar-refractivity contribution is 6.09. The predicted molar refractivity (Wildman–Crippen MR) is 165 cm³/mol. The summed E-state index contributed by atoms with van der Waals surface area (Å²) in [7, 11) is 0. The molecule has 9 rings (SSSR count). The highest BCUT2D eigenvalue weighted by Gasteiger charge is 2.71. The zero-order chi connectivity index (χ0) is 27.0. The van der Waals surface area contributed by atoms with Crippen LogP contribution in [0.25, 0.3) is 27.4 Å². The first-order valence-corrected chi connectivity index (χ1v) is 16.3. The molecule has 5 nitrogen and oxygen atoms in total. The van der Waals surface area contributed by atoms with Crippen LogP contribution in [0.5, 0.6) is 0 Å². The molecule has 1 N–H and O–H groups in total. The Hall–Kier alpha value is -2.73. The maximum Gasteiger partial charge on any atom is 0.112 e. The van der Waals surface area contributed by atoms with Crippen molar-refractivity contribution in [1.29, 1.82) is 0 Å². The zero-order valence-electron chi connectivity index (χ0n) is 24.1. The molecule has 7 heterocycles. The van der Waals surface area contributed by atoms with Crippen LogP contribution in [0, 0.1) is 11.3 Å². The van der Waals surface area contributed by atoms with Crippen LogP contribution in [-0.2, 0) is 4.74 Å². The van der Waals surface area contributed by atoms with Crippen molar-refractivity contribution >= 4 is 27.4 Å². The maximum absolute atomic E-state index is 7.45. The lowest BCUT2D eigenvalue weighted by Crippen LogP contribution is -2.62. The zero-order valence-corrected chi connectivity index (χ0v) is 24.1. The van der Waals surface area contributed by atoms with E-state index in [0.29, 0.717) is 18.0 Å². The summed E-state index contributed by atoms with van der Waals surface area (Å²) in [4.78, 5) is 14.7. The van der Waals surface area contributed by atoms with Gasteiger partial charge in [-0.3, -0.25) is 9.88 Å². The summed E-state index contributed by atoms with van der Waals surface area (Å²) in [5.74, 6) is 0.492. The first-order valence-electron chi connectivity index (χ1n) is 16.3. The Kier molecular flexibility index (Phi) is 5.69. The molecule has 3 aromatic rings. The number of aromatic nitrogens is 2. The first kappa shape index (κ1) is 24.8. The number of piperidine rings is 1. The third kappa shape index (κ3) is 3.61. The molecular formula is C36H42N4O. The van der Waals surface area contributed by atoms with Gasteiger partial charge in [-0.25, -0.2) is 0 Å². The normalized spacial score (nSPS) is 40.2. The summed E-state index contributed by atoms with van der Waals surface area (Å²) in [6.07, 6.45) is 26.7. The number of para-hydroxylation sites is 1. The largest absolute Gasteiger partial charge is 0.353 e. The molecule has 0 saturated carbocycles. The molecule has 3 bridgehead atoms. The van der Waals surface area contributed by atoms with Gasteiger partial charge in [-0.2, -0.15) is 0 Å². The van der Waals surface area contributed by atoms with E-state index in [0.717, 1.165) is 19.3 Å². The molecule has 1 unspecified atom stereocenters. The van der Waals surface area contributed by atoms with Gasteiger partial charge in [-0.1, -0.05) is 42.5 Å². The van der Waals surface area contributed by atoms with Crippen LogP contribution >= 0.6 is 0 Å². The second-order valence-electron chi connectivity index (χ2n) is 13.7. The maximum atomic E-state index is 7.45. The van der Waals surface area contributed by atoms with E-state index in [4.69, 9.17) is 9.72 Å². The van der Waals surface area contributed by atoms with Crippen LogP contribution < -0.4 is 0 Å². The van der Waals surface area contributed by atoms with Crippen molar-refractivity contribution in [2.24, 2.45) is 11.3 Å². The number of hydrogen-bond acceptors (Lipinski definition) is 4. The van der Waals surface area contributed by atoms with Crippen molar-refractivity contribution < 1.29 is 4.74 Å². The summed E-state index contributed by atoms with van der Waals surface area (Å²) in [5, 5.41) is 2.58. The number of ether oxygens (including phenoxy) is 1. The number of rotatable bonds is 1. The Balaban J connectivity index is 1.29. The summed E-state index contributed by atoms with van der Waals surface area (Å²) >= 11 is 0. The van der Waals surface area contributed by atoms with Gasteiger partial charge in [0.25, 0.3) is 0 Å².